The minimum absolute atomic E-state index is 0.0553. The molecule has 9 heteroatoms. The third-order valence-corrected chi connectivity index (χ3v) is 4.26. The molecule has 1 aromatic carbocycles. The van der Waals surface area contributed by atoms with Crippen LogP contribution < -0.4 is 21.3 Å². The van der Waals surface area contributed by atoms with E-state index in [4.69, 9.17) is 4.74 Å². The molecule has 0 spiro atoms. The van der Waals surface area contributed by atoms with Gasteiger partial charge in [-0.1, -0.05) is 18.2 Å². The minimum Gasteiger partial charge on any atom is -0.491 e. The molecule has 0 saturated heterocycles. The lowest BCUT2D eigenvalue weighted by Crippen LogP contribution is -2.31. The molecule has 144 valence electrons. The second kappa shape index (κ2) is 7.67. The van der Waals surface area contributed by atoms with Gasteiger partial charge >= 0.3 is 5.69 Å². The lowest BCUT2D eigenvalue weighted by atomic mass is 10.2. The summed E-state index contributed by atoms with van der Waals surface area (Å²) in [4.78, 5) is 30.8. The van der Waals surface area contributed by atoms with Crippen molar-refractivity contribution in [1.82, 2.24) is 19.1 Å². The molecule has 27 heavy (non-hydrogen) atoms. The molecule has 0 aliphatic carbocycles. The van der Waals surface area contributed by atoms with Crippen LogP contribution in [-0.2, 0) is 13.6 Å². The van der Waals surface area contributed by atoms with Gasteiger partial charge in [0, 0.05) is 13.6 Å². The lowest BCUT2D eigenvalue weighted by Gasteiger charge is -2.16. The number of aryl methyl sites for hydroxylation is 2. The van der Waals surface area contributed by atoms with Crippen molar-refractivity contribution in [1.29, 1.82) is 0 Å². The van der Waals surface area contributed by atoms with Crippen LogP contribution in [0, 0.1) is 6.92 Å². The molecule has 0 radical (unpaired) electrons. The van der Waals surface area contributed by atoms with Gasteiger partial charge in [-0.05, 0) is 25.5 Å². The number of ether oxygens (including phenoxy) is 1. The number of nitrogens with zero attached hydrogens (tertiary/aromatic N) is 3. The molecule has 0 amide bonds. The van der Waals surface area contributed by atoms with E-state index in [1.54, 1.807) is 4.57 Å². The number of anilines is 1. The van der Waals surface area contributed by atoms with Gasteiger partial charge in [0.1, 0.15) is 18.5 Å². The fourth-order valence-corrected chi connectivity index (χ4v) is 2.87. The molecule has 0 bridgehead atoms. The van der Waals surface area contributed by atoms with Crippen molar-refractivity contribution in [2.24, 2.45) is 7.05 Å². The van der Waals surface area contributed by atoms with Gasteiger partial charge < -0.3 is 19.7 Å². The second-order valence-corrected chi connectivity index (χ2v) is 6.30. The highest BCUT2D eigenvalue weighted by Crippen LogP contribution is 2.18. The molecule has 3 aromatic rings. The van der Waals surface area contributed by atoms with Crippen LogP contribution in [0.1, 0.15) is 12.5 Å². The molecule has 9 nitrogen and oxygen atoms in total. The molecular weight excluding hydrogens is 350 g/mol. The molecule has 3 rings (SSSR count). The lowest BCUT2D eigenvalue weighted by molar-refractivity contribution is 0.0935. The summed E-state index contributed by atoms with van der Waals surface area (Å²) in [5.41, 5.74) is 0.368. The topological polar surface area (TPSA) is 114 Å². The fourth-order valence-electron chi connectivity index (χ4n) is 2.87. The first-order valence-corrected chi connectivity index (χ1v) is 8.72. The summed E-state index contributed by atoms with van der Waals surface area (Å²) in [5, 5.41) is 13.5. The highest BCUT2D eigenvalue weighted by Gasteiger charge is 2.19. The van der Waals surface area contributed by atoms with Crippen LogP contribution in [0.4, 0.5) is 5.95 Å². The number of rotatable bonds is 7. The maximum Gasteiger partial charge on any atom is 0.329 e. The molecular formula is C18H23N5O4. The first kappa shape index (κ1) is 18.7. The average molecular weight is 373 g/mol. The van der Waals surface area contributed by atoms with Crippen LogP contribution >= 0.6 is 0 Å². The Morgan fingerprint density at radius 1 is 1.33 bits per heavy atom. The number of aliphatic hydroxyl groups is 1. The van der Waals surface area contributed by atoms with E-state index in [0.717, 1.165) is 5.56 Å². The van der Waals surface area contributed by atoms with Gasteiger partial charge in [-0.2, -0.15) is 4.98 Å². The maximum absolute atomic E-state index is 12.3. The van der Waals surface area contributed by atoms with Crippen LogP contribution in [-0.4, -0.2) is 43.5 Å². The zero-order chi connectivity index (χ0) is 19.6. The van der Waals surface area contributed by atoms with E-state index >= 15 is 0 Å². The highest BCUT2D eigenvalue weighted by atomic mass is 16.5. The quantitative estimate of drug-likeness (QED) is 0.559. The number of para-hydroxylation sites is 1. The number of imidazole rings is 1. The number of aromatic amines is 1. The third-order valence-electron chi connectivity index (χ3n) is 4.26. The van der Waals surface area contributed by atoms with Gasteiger partial charge in [0.25, 0.3) is 5.56 Å². The zero-order valence-corrected chi connectivity index (χ0v) is 15.5. The van der Waals surface area contributed by atoms with Crippen molar-refractivity contribution >= 4 is 17.1 Å². The summed E-state index contributed by atoms with van der Waals surface area (Å²) in [5.74, 6) is 1.10. The summed E-state index contributed by atoms with van der Waals surface area (Å²) in [6.07, 6.45) is -0.879. The van der Waals surface area contributed by atoms with E-state index < -0.39 is 17.4 Å². The summed E-state index contributed by atoms with van der Waals surface area (Å²) < 4.78 is 8.53. The van der Waals surface area contributed by atoms with Crippen LogP contribution in [0.5, 0.6) is 5.75 Å². The van der Waals surface area contributed by atoms with Crippen molar-refractivity contribution in [3.8, 4) is 5.75 Å². The standard InChI is InChI=1S/C18H23N5O4/c1-4-19-17-20-15-14(16(25)21-18(26)22(15)3)23(17)9-12(24)10-27-13-8-6-5-7-11(13)2/h5-8,12,24H,4,9-10H2,1-3H3,(H,19,20)(H,21,25,26)/t12-/m0/s1. The van der Waals surface area contributed by atoms with Crippen molar-refractivity contribution in [3.05, 3.63) is 50.7 Å². The van der Waals surface area contributed by atoms with E-state index in [9.17, 15) is 14.7 Å². The Morgan fingerprint density at radius 2 is 2.07 bits per heavy atom. The number of nitrogens with one attached hydrogen (secondary N) is 2. The number of hydrogen-bond acceptors (Lipinski definition) is 6. The molecule has 0 aliphatic heterocycles. The van der Waals surface area contributed by atoms with Crippen molar-refractivity contribution in [2.45, 2.75) is 26.5 Å². The Kier molecular flexibility index (Phi) is 5.31. The maximum atomic E-state index is 12.3. The van der Waals surface area contributed by atoms with Gasteiger partial charge in [0.15, 0.2) is 11.2 Å². The number of benzene rings is 1. The van der Waals surface area contributed by atoms with Crippen LogP contribution in [0.15, 0.2) is 33.9 Å². The summed E-state index contributed by atoms with van der Waals surface area (Å²) in [7, 11) is 1.53. The summed E-state index contributed by atoms with van der Waals surface area (Å²) in [6.45, 7) is 4.54. The Morgan fingerprint density at radius 3 is 2.78 bits per heavy atom. The summed E-state index contributed by atoms with van der Waals surface area (Å²) >= 11 is 0. The monoisotopic (exact) mass is 373 g/mol. The zero-order valence-electron chi connectivity index (χ0n) is 15.5. The molecule has 3 N–H and O–H groups in total. The van der Waals surface area contributed by atoms with Gasteiger partial charge in [-0.3, -0.25) is 14.3 Å². The molecule has 0 unspecified atom stereocenters. The number of fused-ring (bicyclic) bond motifs is 1. The predicted octanol–water partition coefficient (Wildman–Crippen LogP) is 0.603. The number of H-pyrrole nitrogens is 1. The number of aromatic nitrogens is 4. The second-order valence-electron chi connectivity index (χ2n) is 6.30. The van der Waals surface area contributed by atoms with Crippen molar-refractivity contribution < 1.29 is 9.84 Å². The van der Waals surface area contributed by atoms with Crippen LogP contribution in [0.25, 0.3) is 11.2 Å². The van der Waals surface area contributed by atoms with E-state index in [2.05, 4.69) is 15.3 Å². The Labute approximate surface area is 155 Å². The molecule has 1 atom stereocenters. The van der Waals surface area contributed by atoms with Crippen molar-refractivity contribution in [2.75, 3.05) is 18.5 Å². The van der Waals surface area contributed by atoms with Gasteiger partial charge in [0.05, 0.1) is 6.54 Å². The Balaban J connectivity index is 1.90. The smallest absolute Gasteiger partial charge is 0.329 e. The van der Waals surface area contributed by atoms with Crippen LogP contribution in [0.2, 0.25) is 0 Å². The van der Waals surface area contributed by atoms with Crippen LogP contribution in [0.3, 0.4) is 0 Å². The van der Waals surface area contributed by atoms with Gasteiger partial charge in [-0.25, -0.2) is 4.79 Å². The van der Waals surface area contributed by atoms with E-state index in [1.807, 2.05) is 38.1 Å². The van der Waals surface area contributed by atoms with Crippen molar-refractivity contribution in [3.63, 3.8) is 0 Å². The first-order valence-electron chi connectivity index (χ1n) is 8.72. The molecule has 2 heterocycles. The fraction of sp³-hybridized carbons (Fsp3) is 0.389. The minimum atomic E-state index is -0.879. The van der Waals surface area contributed by atoms with Gasteiger partial charge in [0.2, 0.25) is 5.95 Å². The first-order chi connectivity index (χ1) is 12.9. The number of aliphatic hydroxyl groups excluding tert-OH is 1. The molecule has 0 aliphatic rings. The SMILES string of the molecule is CCNc1nc2c(c(=O)[nH]c(=O)n2C)n1C[C@H](O)COc1ccccc1C. The third kappa shape index (κ3) is 3.72. The summed E-state index contributed by atoms with van der Waals surface area (Å²) in [6, 6.07) is 7.53. The predicted molar refractivity (Wildman–Crippen MR) is 102 cm³/mol. The molecule has 0 saturated carbocycles. The molecule has 2 aromatic heterocycles. The van der Waals surface area contributed by atoms with E-state index in [1.165, 1.54) is 11.6 Å². The van der Waals surface area contributed by atoms with E-state index in [-0.39, 0.29) is 24.3 Å². The largest absolute Gasteiger partial charge is 0.491 e. The molecule has 0 fully saturated rings. The van der Waals surface area contributed by atoms with E-state index in [0.29, 0.717) is 18.2 Å². The Hall–Kier alpha value is -3.07. The highest BCUT2D eigenvalue weighted by molar-refractivity contribution is 5.74. The normalized spacial score (nSPS) is 12.3. The van der Waals surface area contributed by atoms with Gasteiger partial charge in [-0.15, -0.1) is 0 Å². The average Bonchev–Trinajstić information content (AvgIpc) is 2.98. The Bertz CT molecular complexity index is 1070. The number of hydrogen-bond donors (Lipinski definition) is 3.